The number of nitrogens with zero attached hydrogens (tertiary/aromatic N) is 2. The number of fused-ring (bicyclic) bond motifs is 1. The molecule has 1 atom stereocenters. The van der Waals surface area contributed by atoms with E-state index in [0.717, 1.165) is 5.69 Å². The molecule has 3 nitrogen and oxygen atoms in total. The zero-order valence-electron chi connectivity index (χ0n) is 10.8. The molecular formula is C15H13ClFN3. The van der Waals surface area contributed by atoms with Crippen LogP contribution in [0.4, 0.5) is 4.39 Å². The molecule has 2 N–H and O–H groups in total. The largest absolute Gasteiger partial charge is 0.322 e. The van der Waals surface area contributed by atoms with Crippen molar-refractivity contribution < 1.29 is 4.39 Å². The average Bonchev–Trinajstić information content (AvgIpc) is 2.84. The first-order valence-corrected chi connectivity index (χ1v) is 6.64. The van der Waals surface area contributed by atoms with Gasteiger partial charge in [0.2, 0.25) is 0 Å². The van der Waals surface area contributed by atoms with E-state index in [1.807, 2.05) is 41.8 Å². The van der Waals surface area contributed by atoms with Gasteiger partial charge < -0.3 is 5.73 Å². The second-order valence-corrected chi connectivity index (χ2v) is 5.04. The molecule has 3 rings (SSSR count). The van der Waals surface area contributed by atoms with Crippen molar-refractivity contribution in [3.63, 3.8) is 0 Å². The van der Waals surface area contributed by atoms with E-state index in [2.05, 4.69) is 4.98 Å². The van der Waals surface area contributed by atoms with Crippen LogP contribution >= 0.6 is 11.6 Å². The van der Waals surface area contributed by atoms with Crippen LogP contribution in [0.3, 0.4) is 0 Å². The van der Waals surface area contributed by atoms with Crippen molar-refractivity contribution in [3.05, 3.63) is 59.1 Å². The monoisotopic (exact) mass is 289 g/mol. The zero-order valence-corrected chi connectivity index (χ0v) is 11.6. The summed E-state index contributed by atoms with van der Waals surface area (Å²) < 4.78 is 15.6. The quantitative estimate of drug-likeness (QED) is 0.779. The SMILES string of the molecule is C[C@H](N)c1nc2ccc(F)c(Cl)c2n1-c1ccccc1. The Hall–Kier alpha value is -1.91. The van der Waals surface area contributed by atoms with Gasteiger partial charge in [0.25, 0.3) is 0 Å². The maximum atomic E-state index is 13.8. The molecule has 1 heterocycles. The van der Waals surface area contributed by atoms with Crippen LogP contribution < -0.4 is 5.73 Å². The van der Waals surface area contributed by atoms with Gasteiger partial charge in [-0.05, 0) is 31.2 Å². The van der Waals surface area contributed by atoms with Crippen LogP contribution in [-0.4, -0.2) is 9.55 Å². The normalized spacial score (nSPS) is 12.8. The van der Waals surface area contributed by atoms with Crippen LogP contribution in [0.2, 0.25) is 5.02 Å². The Morgan fingerprint density at radius 2 is 1.90 bits per heavy atom. The first kappa shape index (κ1) is 13.1. The fourth-order valence-corrected chi connectivity index (χ4v) is 2.51. The zero-order chi connectivity index (χ0) is 14.3. The van der Waals surface area contributed by atoms with Crippen molar-refractivity contribution in [2.75, 3.05) is 0 Å². The van der Waals surface area contributed by atoms with E-state index in [1.165, 1.54) is 6.07 Å². The molecule has 5 heteroatoms. The van der Waals surface area contributed by atoms with Gasteiger partial charge in [-0.2, -0.15) is 0 Å². The summed E-state index contributed by atoms with van der Waals surface area (Å²) in [5.41, 5.74) is 8.02. The van der Waals surface area contributed by atoms with Gasteiger partial charge in [-0.15, -0.1) is 0 Å². The summed E-state index contributed by atoms with van der Waals surface area (Å²) in [6.45, 7) is 1.84. The Morgan fingerprint density at radius 3 is 2.55 bits per heavy atom. The van der Waals surface area contributed by atoms with Crippen molar-refractivity contribution >= 4 is 22.6 Å². The second kappa shape index (κ2) is 4.89. The molecule has 0 amide bonds. The standard InChI is InChI=1S/C15H13ClFN3/c1-9(18)15-19-12-8-7-11(17)13(16)14(12)20(15)10-5-3-2-4-6-10/h2-9H,18H2,1H3/t9-/m0/s1. The summed E-state index contributed by atoms with van der Waals surface area (Å²) in [4.78, 5) is 4.48. The molecule has 0 saturated carbocycles. The van der Waals surface area contributed by atoms with E-state index >= 15 is 0 Å². The lowest BCUT2D eigenvalue weighted by Gasteiger charge is -2.12. The second-order valence-electron chi connectivity index (χ2n) is 4.66. The molecule has 0 aliphatic heterocycles. The minimum absolute atomic E-state index is 0.0609. The van der Waals surface area contributed by atoms with Crippen LogP contribution in [-0.2, 0) is 0 Å². The number of halogens is 2. The van der Waals surface area contributed by atoms with Gasteiger partial charge in [-0.3, -0.25) is 4.57 Å². The third-order valence-corrected chi connectivity index (χ3v) is 3.52. The molecule has 3 aromatic rings. The van der Waals surface area contributed by atoms with E-state index in [4.69, 9.17) is 17.3 Å². The molecule has 0 spiro atoms. The molecule has 102 valence electrons. The molecule has 0 radical (unpaired) electrons. The number of benzene rings is 2. The molecular weight excluding hydrogens is 277 g/mol. The summed E-state index contributed by atoms with van der Waals surface area (Å²) in [6.07, 6.45) is 0. The molecule has 20 heavy (non-hydrogen) atoms. The summed E-state index contributed by atoms with van der Waals surface area (Å²) in [5.74, 6) is 0.186. The number of hydrogen-bond acceptors (Lipinski definition) is 2. The van der Waals surface area contributed by atoms with Crippen LogP contribution in [0.1, 0.15) is 18.8 Å². The number of hydrogen-bond donors (Lipinski definition) is 1. The van der Waals surface area contributed by atoms with Gasteiger partial charge in [0, 0.05) is 5.69 Å². The van der Waals surface area contributed by atoms with E-state index in [-0.39, 0.29) is 11.1 Å². The summed E-state index contributed by atoms with van der Waals surface area (Å²) in [5, 5.41) is 0.0609. The van der Waals surface area contributed by atoms with Crippen LogP contribution in [0.5, 0.6) is 0 Å². The smallest absolute Gasteiger partial charge is 0.144 e. The van der Waals surface area contributed by atoms with Gasteiger partial charge in [0.05, 0.1) is 17.1 Å². The lowest BCUT2D eigenvalue weighted by Crippen LogP contribution is -2.12. The van der Waals surface area contributed by atoms with Gasteiger partial charge in [-0.1, -0.05) is 29.8 Å². The van der Waals surface area contributed by atoms with Crippen molar-refractivity contribution in [3.8, 4) is 5.69 Å². The lowest BCUT2D eigenvalue weighted by molar-refractivity contribution is 0.629. The maximum absolute atomic E-state index is 13.8. The fourth-order valence-electron chi connectivity index (χ4n) is 2.26. The van der Waals surface area contributed by atoms with Crippen molar-refractivity contribution in [2.45, 2.75) is 13.0 Å². The number of nitrogens with two attached hydrogens (primary N) is 1. The predicted octanol–water partition coefficient (Wildman–Crippen LogP) is 3.84. The highest BCUT2D eigenvalue weighted by Crippen LogP contribution is 2.31. The Kier molecular flexibility index (Phi) is 3.20. The number of aromatic nitrogens is 2. The van der Waals surface area contributed by atoms with E-state index in [9.17, 15) is 4.39 Å². The van der Waals surface area contributed by atoms with Gasteiger partial charge >= 0.3 is 0 Å². The summed E-state index contributed by atoms with van der Waals surface area (Å²) in [6, 6.07) is 12.2. The first-order chi connectivity index (χ1) is 9.59. The molecule has 1 aromatic heterocycles. The van der Waals surface area contributed by atoms with E-state index in [1.54, 1.807) is 6.07 Å². The lowest BCUT2D eigenvalue weighted by atomic mass is 10.2. The van der Waals surface area contributed by atoms with Crippen molar-refractivity contribution in [2.24, 2.45) is 5.73 Å². The van der Waals surface area contributed by atoms with Gasteiger partial charge in [0.1, 0.15) is 16.7 Å². The maximum Gasteiger partial charge on any atom is 0.144 e. The first-order valence-electron chi connectivity index (χ1n) is 6.27. The number of rotatable bonds is 2. The fraction of sp³-hybridized carbons (Fsp3) is 0.133. The van der Waals surface area contributed by atoms with Crippen LogP contribution in [0, 0.1) is 5.82 Å². The Bertz CT molecular complexity index is 766. The van der Waals surface area contributed by atoms with Crippen LogP contribution in [0.25, 0.3) is 16.7 Å². The third kappa shape index (κ3) is 1.97. The van der Waals surface area contributed by atoms with Gasteiger partial charge in [0.15, 0.2) is 0 Å². The highest BCUT2D eigenvalue weighted by Gasteiger charge is 2.19. The van der Waals surface area contributed by atoms with E-state index < -0.39 is 5.82 Å². The van der Waals surface area contributed by atoms with Crippen molar-refractivity contribution in [1.29, 1.82) is 0 Å². The Labute approximate surface area is 120 Å². The minimum atomic E-state index is -0.465. The van der Waals surface area contributed by atoms with E-state index in [0.29, 0.717) is 16.9 Å². The number of imidazole rings is 1. The molecule has 0 aliphatic rings. The summed E-state index contributed by atoms with van der Waals surface area (Å²) >= 11 is 6.12. The highest BCUT2D eigenvalue weighted by atomic mass is 35.5. The van der Waals surface area contributed by atoms with Gasteiger partial charge in [-0.25, -0.2) is 9.37 Å². The molecule has 0 unspecified atom stereocenters. The molecule has 0 saturated heterocycles. The van der Waals surface area contributed by atoms with Crippen molar-refractivity contribution in [1.82, 2.24) is 9.55 Å². The topological polar surface area (TPSA) is 43.8 Å². The highest BCUT2D eigenvalue weighted by molar-refractivity contribution is 6.35. The molecule has 2 aromatic carbocycles. The number of para-hydroxylation sites is 1. The Morgan fingerprint density at radius 1 is 1.20 bits per heavy atom. The molecule has 0 bridgehead atoms. The molecule has 0 aliphatic carbocycles. The molecule has 0 fully saturated rings. The Balaban J connectivity index is 2.43. The minimum Gasteiger partial charge on any atom is -0.322 e. The van der Waals surface area contributed by atoms with Crippen LogP contribution in [0.15, 0.2) is 42.5 Å². The predicted molar refractivity (Wildman–Crippen MR) is 78.6 cm³/mol. The average molecular weight is 290 g/mol. The third-order valence-electron chi connectivity index (χ3n) is 3.16. The summed E-state index contributed by atoms with van der Waals surface area (Å²) in [7, 11) is 0.